The number of ether oxygens (including phenoxy) is 1. The Labute approximate surface area is 147 Å². The van der Waals surface area contributed by atoms with Crippen LogP contribution in [-0.4, -0.2) is 31.0 Å². The maximum Gasteiger partial charge on any atom is 0.238 e. The standard InChI is InChI=1S/C19H21ClN2O2/c1-24-18-10-9-15(12-16(18)20)21-19(23)13-22-11-5-8-17(22)14-6-3-2-4-7-14/h2-4,6-7,9-10,12,17H,5,8,11,13H2,1H3,(H,21,23). The number of halogens is 1. The normalized spacial score (nSPS) is 17.7. The average Bonchev–Trinajstić information content (AvgIpc) is 3.04. The van der Waals surface area contributed by atoms with Gasteiger partial charge >= 0.3 is 0 Å². The van der Waals surface area contributed by atoms with Crippen molar-refractivity contribution in [1.29, 1.82) is 0 Å². The van der Waals surface area contributed by atoms with Crippen LogP contribution in [0.2, 0.25) is 5.02 Å². The molecule has 0 aliphatic carbocycles. The summed E-state index contributed by atoms with van der Waals surface area (Å²) in [5.41, 5.74) is 1.96. The van der Waals surface area contributed by atoms with Crippen LogP contribution in [0, 0.1) is 0 Å². The Morgan fingerprint density at radius 1 is 1.29 bits per heavy atom. The molecule has 4 nitrogen and oxygen atoms in total. The van der Waals surface area contributed by atoms with Crippen LogP contribution in [0.15, 0.2) is 48.5 Å². The summed E-state index contributed by atoms with van der Waals surface area (Å²) in [6, 6.07) is 15.9. The van der Waals surface area contributed by atoms with Crippen molar-refractivity contribution in [2.45, 2.75) is 18.9 Å². The first-order chi connectivity index (χ1) is 11.7. The van der Waals surface area contributed by atoms with Crippen LogP contribution in [0.25, 0.3) is 0 Å². The molecule has 0 aromatic heterocycles. The molecule has 1 fully saturated rings. The van der Waals surface area contributed by atoms with Gasteiger partial charge in [0.15, 0.2) is 0 Å². The number of carbonyl (C=O) groups is 1. The van der Waals surface area contributed by atoms with Crippen molar-refractivity contribution in [2.24, 2.45) is 0 Å². The van der Waals surface area contributed by atoms with Crippen LogP contribution in [0.4, 0.5) is 5.69 Å². The zero-order valence-electron chi connectivity index (χ0n) is 13.7. The van der Waals surface area contributed by atoms with E-state index in [4.69, 9.17) is 16.3 Å². The number of rotatable bonds is 5. The van der Waals surface area contributed by atoms with Gasteiger partial charge in [-0.1, -0.05) is 41.9 Å². The highest BCUT2D eigenvalue weighted by molar-refractivity contribution is 6.32. The summed E-state index contributed by atoms with van der Waals surface area (Å²) in [4.78, 5) is 14.6. The molecule has 126 valence electrons. The van der Waals surface area contributed by atoms with Crippen molar-refractivity contribution in [1.82, 2.24) is 4.90 Å². The van der Waals surface area contributed by atoms with Gasteiger partial charge in [0.05, 0.1) is 18.7 Å². The van der Waals surface area contributed by atoms with E-state index in [1.807, 2.05) is 18.2 Å². The first-order valence-electron chi connectivity index (χ1n) is 8.10. The van der Waals surface area contributed by atoms with Gasteiger partial charge < -0.3 is 10.1 Å². The zero-order chi connectivity index (χ0) is 16.9. The Bertz CT molecular complexity index is 706. The highest BCUT2D eigenvalue weighted by Crippen LogP contribution is 2.31. The molecule has 1 unspecified atom stereocenters. The molecule has 1 atom stereocenters. The number of hydrogen-bond acceptors (Lipinski definition) is 3. The number of amides is 1. The van der Waals surface area contributed by atoms with E-state index >= 15 is 0 Å². The topological polar surface area (TPSA) is 41.6 Å². The maximum absolute atomic E-state index is 12.4. The number of nitrogens with zero attached hydrogens (tertiary/aromatic N) is 1. The van der Waals surface area contributed by atoms with Gasteiger partial charge in [0.1, 0.15) is 5.75 Å². The Morgan fingerprint density at radius 3 is 2.79 bits per heavy atom. The van der Waals surface area contributed by atoms with Gasteiger partial charge in [0.25, 0.3) is 0 Å². The Hall–Kier alpha value is -2.04. The lowest BCUT2D eigenvalue weighted by molar-refractivity contribution is -0.117. The molecular weight excluding hydrogens is 324 g/mol. The average molecular weight is 345 g/mol. The van der Waals surface area contributed by atoms with Gasteiger partial charge in [-0.05, 0) is 43.1 Å². The minimum Gasteiger partial charge on any atom is -0.495 e. The molecule has 1 heterocycles. The van der Waals surface area contributed by atoms with E-state index in [2.05, 4.69) is 22.3 Å². The second-order valence-corrected chi connectivity index (χ2v) is 6.34. The Morgan fingerprint density at radius 2 is 2.08 bits per heavy atom. The molecular formula is C19H21ClN2O2. The van der Waals surface area contributed by atoms with Gasteiger partial charge in [0.2, 0.25) is 5.91 Å². The molecule has 1 saturated heterocycles. The summed E-state index contributed by atoms with van der Waals surface area (Å²) in [7, 11) is 1.57. The third-order valence-corrected chi connectivity index (χ3v) is 4.63. The summed E-state index contributed by atoms with van der Waals surface area (Å²) < 4.78 is 5.12. The van der Waals surface area contributed by atoms with Crippen molar-refractivity contribution in [2.75, 3.05) is 25.5 Å². The number of hydrogen-bond donors (Lipinski definition) is 1. The summed E-state index contributed by atoms with van der Waals surface area (Å²) in [5.74, 6) is 0.567. The number of benzene rings is 2. The SMILES string of the molecule is COc1ccc(NC(=O)CN2CCCC2c2ccccc2)cc1Cl. The quantitative estimate of drug-likeness (QED) is 0.887. The monoisotopic (exact) mass is 344 g/mol. The second kappa shape index (κ2) is 7.69. The number of nitrogens with one attached hydrogen (secondary N) is 1. The third-order valence-electron chi connectivity index (χ3n) is 4.33. The van der Waals surface area contributed by atoms with Crippen molar-refractivity contribution in [3.63, 3.8) is 0 Å². The van der Waals surface area contributed by atoms with Crippen LogP contribution >= 0.6 is 11.6 Å². The second-order valence-electron chi connectivity index (χ2n) is 5.94. The third kappa shape index (κ3) is 3.89. The lowest BCUT2D eigenvalue weighted by Crippen LogP contribution is -2.32. The van der Waals surface area contributed by atoms with Crippen molar-refractivity contribution < 1.29 is 9.53 Å². The molecule has 1 amide bonds. The fourth-order valence-corrected chi connectivity index (χ4v) is 3.45. The van der Waals surface area contributed by atoms with Crippen molar-refractivity contribution >= 4 is 23.2 Å². The molecule has 0 spiro atoms. The number of carbonyl (C=O) groups excluding carboxylic acids is 1. The first kappa shape index (κ1) is 16.8. The van der Waals surface area contributed by atoms with Gasteiger partial charge in [-0.15, -0.1) is 0 Å². The van der Waals surface area contributed by atoms with Crippen LogP contribution < -0.4 is 10.1 Å². The van der Waals surface area contributed by atoms with Gasteiger partial charge in [0, 0.05) is 11.7 Å². The van der Waals surface area contributed by atoms with E-state index in [9.17, 15) is 4.79 Å². The van der Waals surface area contributed by atoms with Gasteiger partial charge in [-0.2, -0.15) is 0 Å². The summed E-state index contributed by atoms with van der Waals surface area (Å²) in [6.45, 7) is 1.32. The van der Waals surface area contributed by atoms with Crippen molar-refractivity contribution in [3.8, 4) is 5.75 Å². The molecule has 24 heavy (non-hydrogen) atoms. The molecule has 1 aliphatic heterocycles. The highest BCUT2D eigenvalue weighted by atomic mass is 35.5. The smallest absolute Gasteiger partial charge is 0.238 e. The fourth-order valence-electron chi connectivity index (χ4n) is 3.20. The van der Waals surface area contributed by atoms with E-state index in [0.717, 1.165) is 19.4 Å². The van der Waals surface area contributed by atoms with Crippen molar-refractivity contribution in [3.05, 3.63) is 59.1 Å². The Balaban J connectivity index is 1.63. The van der Waals surface area contributed by atoms with Crippen LogP contribution in [0.1, 0.15) is 24.4 Å². The van der Waals surface area contributed by atoms with E-state index in [1.165, 1.54) is 5.56 Å². The Kier molecular flexibility index (Phi) is 5.38. The van der Waals surface area contributed by atoms with Gasteiger partial charge in [-0.3, -0.25) is 9.69 Å². The molecule has 0 saturated carbocycles. The number of likely N-dealkylation sites (tertiary alicyclic amines) is 1. The van der Waals surface area contributed by atoms with E-state index < -0.39 is 0 Å². The number of anilines is 1. The predicted molar refractivity (Wildman–Crippen MR) is 96.6 cm³/mol. The molecule has 3 rings (SSSR count). The molecule has 2 aromatic carbocycles. The molecule has 0 bridgehead atoms. The van der Waals surface area contributed by atoms with E-state index in [-0.39, 0.29) is 5.91 Å². The molecule has 1 N–H and O–H groups in total. The van der Waals surface area contributed by atoms with Crippen LogP contribution in [-0.2, 0) is 4.79 Å². The first-order valence-corrected chi connectivity index (χ1v) is 8.47. The van der Waals surface area contributed by atoms with Crippen LogP contribution in [0.3, 0.4) is 0 Å². The minimum atomic E-state index is -0.0286. The molecule has 5 heteroatoms. The summed E-state index contributed by atoms with van der Waals surface area (Å²) in [6.07, 6.45) is 2.20. The lowest BCUT2D eigenvalue weighted by atomic mass is 10.0. The zero-order valence-corrected chi connectivity index (χ0v) is 14.4. The largest absolute Gasteiger partial charge is 0.495 e. The summed E-state index contributed by atoms with van der Waals surface area (Å²) >= 11 is 6.10. The predicted octanol–water partition coefficient (Wildman–Crippen LogP) is 4.12. The highest BCUT2D eigenvalue weighted by Gasteiger charge is 2.27. The lowest BCUT2D eigenvalue weighted by Gasteiger charge is -2.24. The van der Waals surface area contributed by atoms with Crippen LogP contribution in [0.5, 0.6) is 5.75 Å². The molecule has 2 aromatic rings. The van der Waals surface area contributed by atoms with E-state index in [1.54, 1.807) is 25.3 Å². The van der Waals surface area contributed by atoms with Gasteiger partial charge in [-0.25, -0.2) is 0 Å². The molecule has 1 aliphatic rings. The maximum atomic E-state index is 12.4. The fraction of sp³-hybridized carbons (Fsp3) is 0.316. The number of methoxy groups -OCH3 is 1. The molecule has 0 radical (unpaired) electrons. The summed E-state index contributed by atoms with van der Waals surface area (Å²) in [5, 5.41) is 3.40. The van der Waals surface area contributed by atoms with E-state index in [0.29, 0.717) is 29.0 Å². The minimum absolute atomic E-state index is 0.0286.